The largest absolute Gasteiger partial charge is 0.317 e. The summed E-state index contributed by atoms with van der Waals surface area (Å²) in [4.78, 5) is 2.34. The van der Waals surface area contributed by atoms with Crippen LogP contribution in [0.2, 0.25) is 5.02 Å². The summed E-state index contributed by atoms with van der Waals surface area (Å²) in [7, 11) is 2.13. The van der Waals surface area contributed by atoms with Crippen LogP contribution in [0.1, 0.15) is 31.4 Å². The van der Waals surface area contributed by atoms with E-state index < -0.39 is 0 Å². The van der Waals surface area contributed by atoms with Crippen molar-refractivity contribution in [2.75, 3.05) is 26.7 Å². The Hall–Kier alpha value is -0.640. The van der Waals surface area contributed by atoms with Gasteiger partial charge < -0.3 is 5.32 Å². The predicted octanol–water partition coefficient (Wildman–Crippen LogP) is 3.47. The molecular weight excluding hydrogens is 263 g/mol. The van der Waals surface area contributed by atoms with Crippen molar-refractivity contribution in [3.8, 4) is 0 Å². The average molecular weight is 285 g/mol. The molecule has 1 aliphatic rings. The third-order valence-electron chi connectivity index (χ3n) is 3.94. The molecular formula is C15H22ClFN2. The summed E-state index contributed by atoms with van der Waals surface area (Å²) in [6.07, 6.45) is 2.40. The van der Waals surface area contributed by atoms with Crippen LogP contribution in [0.25, 0.3) is 0 Å². The van der Waals surface area contributed by atoms with Crippen LogP contribution >= 0.6 is 11.6 Å². The fourth-order valence-corrected chi connectivity index (χ4v) is 3.31. The Bertz CT molecular complexity index is 425. The molecule has 0 spiro atoms. The van der Waals surface area contributed by atoms with Gasteiger partial charge in [0.2, 0.25) is 0 Å². The summed E-state index contributed by atoms with van der Waals surface area (Å²) < 4.78 is 13.2. The summed E-state index contributed by atoms with van der Waals surface area (Å²) in [5, 5.41) is 3.97. The lowest BCUT2D eigenvalue weighted by Gasteiger charge is -2.40. The van der Waals surface area contributed by atoms with E-state index in [0.717, 1.165) is 25.2 Å². The maximum absolute atomic E-state index is 13.2. The topological polar surface area (TPSA) is 15.3 Å². The van der Waals surface area contributed by atoms with Crippen molar-refractivity contribution in [1.82, 2.24) is 10.2 Å². The van der Waals surface area contributed by atoms with E-state index in [1.165, 1.54) is 25.0 Å². The zero-order valence-electron chi connectivity index (χ0n) is 11.6. The molecule has 0 radical (unpaired) electrons. The normalized spacial score (nSPS) is 24.6. The van der Waals surface area contributed by atoms with Crippen molar-refractivity contribution in [3.05, 3.63) is 34.6 Å². The second kappa shape index (κ2) is 6.69. The second-order valence-electron chi connectivity index (χ2n) is 5.30. The van der Waals surface area contributed by atoms with Crippen LogP contribution in [0.5, 0.6) is 0 Å². The molecule has 0 bridgehead atoms. The van der Waals surface area contributed by atoms with Gasteiger partial charge >= 0.3 is 0 Å². The van der Waals surface area contributed by atoms with E-state index in [0.29, 0.717) is 10.9 Å². The third kappa shape index (κ3) is 3.47. The van der Waals surface area contributed by atoms with Crippen molar-refractivity contribution in [2.24, 2.45) is 5.92 Å². The molecule has 1 aromatic rings. The Labute approximate surface area is 119 Å². The van der Waals surface area contributed by atoms with Crippen molar-refractivity contribution >= 4 is 11.6 Å². The summed E-state index contributed by atoms with van der Waals surface area (Å²) in [6.45, 7) is 5.15. The Balaban J connectivity index is 2.25. The van der Waals surface area contributed by atoms with Crippen molar-refractivity contribution in [1.29, 1.82) is 0 Å². The lowest BCUT2D eigenvalue weighted by atomic mass is 9.85. The van der Waals surface area contributed by atoms with Crippen LogP contribution in [0.15, 0.2) is 18.2 Å². The lowest BCUT2D eigenvalue weighted by Crippen LogP contribution is -2.40. The van der Waals surface area contributed by atoms with Crippen molar-refractivity contribution in [3.63, 3.8) is 0 Å². The van der Waals surface area contributed by atoms with E-state index in [-0.39, 0.29) is 11.9 Å². The Kier molecular flexibility index (Phi) is 5.20. The molecule has 19 heavy (non-hydrogen) atoms. The maximum atomic E-state index is 13.2. The molecule has 1 heterocycles. The van der Waals surface area contributed by atoms with Crippen molar-refractivity contribution < 1.29 is 4.39 Å². The molecule has 1 aromatic carbocycles. The molecule has 106 valence electrons. The number of nitrogens with zero attached hydrogens (tertiary/aromatic N) is 1. The van der Waals surface area contributed by atoms with Crippen molar-refractivity contribution in [2.45, 2.75) is 25.8 Å². The van der Waals surface area contributed by atoms with Crippen LogP contribution in [0.3, 0.4) is 0 Å². The van der Waals surface area contributed by atoms with Gasteiger partial charge in [-0.3, -0.25) is 4.90 Å². The molecule has 1 aliphatic heterocycles. The molecule has 0 aliphatic carbocycles. The minimum Gasteiger partial charge on any atom is -0.317 e. The van der Waals surface area contributed by atoms with Crippen LogP contribution < -0.4 is 5.32 Å². The minimum atomic E-state index is -0.268. The third-order valence-corrected chi connectivity index (χ3v) is 4.27. The first-order valence-corrected chi connectivity index (χ1v) is 7.37. The van der Waals surface area contributed by atoms with Gasteiger partial charge in [-0.25, -0.2) is 4.39 Å². The maximum Gasteiger partial charge on any atom is 0.124 e. The molecule has 1 N–H and O–H groups in total. The number of hydrogen-bond acceptors (Lipinski definition) is 2. The van der Waals surface area contributed by atoms with E-state index in [1.54, 1.807) is 0 Å². The number of halogens is 2. The number of hydrogen-bond donors (Lipinski definition) is 1. The van der Waals surface area contributed by atoms with Crippen LogP contribution in [0.4, 0.5) is 4.39 Å². The first kappa shape index (κ1) is 14.8. The summed E-state index contributed by atoms with van der Waals surface area (Å²) >= 11 is 6.24. The Morgan fingerprint density at radius 1 is 1.47 bits per heavy atom. The Morgan fingerprint density at radius 2 is 2.26 bits per heavy atom. The monoisotopic (exact) mass is 284 g/mol. The molecule has 0 amide bonds. The van der Waals surface area contributed by atoms with E-state index in [2.05, 4.69) is 24.2 Å². The molecule has 1 saturated heterocycles. The predicted molar refractivity (Wildman–Crippen MR) is 78.0 cm³/mol. The number of piperidine rings is 1. The van der Waals surface area contributed by atoms with E-state index >= 15 is 0 Å². The fraction of sp³-hybridized carbons (Fsp3) is 0.600. The zero-order valence-corrected chi connectivity index (χ0v) is 12.4. The lowest BCUT2D eigenvalue weighted by molar-refractivity contribution is 0.120. The molecule has 4 heteroatoms. The molecule has 0 saturated carbocycles. The van der Waals surface area contributed by atoms with Gasteiger partial charge in [-0.1, -0.05) is 24.6 Å². The van der Waals surface area contributed by atoms with Gasteiger partial charge in [0.05, 0.1) is 0 Å². The van der Waals surface area contributed by atoms with Crippen LogP contribution in [-0.2, 0) is 0 Å². The van der Waals surface area contributed by atoms with Gasteiger partial charge in [0.1, 0.15) is 5.82 Å². The highest BCUT2D eigenvalue weighted by Crippen LogP contribution is 2.38. The quantitative estimate of drug-likeness (QED) is 0.911. The highest BCUT2D eigenvalue weighted by molar-refractivity contribution is 6.31. The first-order valence-electron chi connectivity index (χ1n) is 6.99. The van der Waals surface area contributed by atoms with Crippen LogP contribution in [-0.4, -0.2) is 31.6 Å². The zero-order chi connectivity index (χ0) is 13.8. The van der Waals surface area contributed by atoms with E-state index in [9.17, 15) is 4.39 Å². The Morgan fingerprint density at radius 3 is 2.95 bits per heavy atom. The van der Waals surface area contributed by atoms with Gasteiger partial charge in [-0.2, -0.15) is 0 Å². The summed E-state index contributed by atoms with van der Waals surface area (Å²) in [5.41, 5.74) is 1.05. The van der Waals surface area contributed by atoms with Gasteiger partial charge in [0.15, 0.2) is 0 Å². The molecule has 2 atom stereocenters. The average Bonchev–Trinajstić information content (AvgIpc) is 2.37. The summed E-state index contributed by atoms with van der Waals surface area (Å²) in [5.74, 6) is 0.261. The van der Waals surface area contributed by atoms with E-state index in [4.69, 9.17) is 11.6 Å². The van der Waals surface area contributed by atoms with Gasteiger partial charge in [-0.15, -0.1) is 0 Å². The fourth-order valence-electron chi connectivity index (χ4n) is 3.04. The highest BCUT2D eigenvalue weighted by Gasteiger charge is 2.31. The minimum absolute atomic E-state index is 0.268. The standard InChI is InChI=1S/C15H22ClFN2/c1-3-18-10-11-5-4-8-19(2)15(11)13-7-6-12(17)9-14(13)16/h6-7,9,11,15,18H,3-5,8,10H2,1-2H3. The highest BCUT2D eigenvalue weighted by atomic mass is 35.5. The van der Waals surface area contributed by atoms with E-state index in [1.807, 2.05) is 6.07 Å². The van der Waals surface area contributed by atoms with Gasteiger partial charge in [0.25, 0.3) is 0 Å². The number of rotatable bonds is 4. The number of benzene rings is 1. The molecule has 2 rings (SSSR count). The van der Waals surface area contributed by atoms with Gasteiger partial charge in [-0.05, 0) is 63.1 Å². The second-order valence-corrected chi connectivity index (χ2v) is 5.71. The number of likely N-dealkylation sites (tertiary alicyclic amines) is 1. The molecule has 2 nitrogen and oxygen atoms in total. The molecule has 1 fully saturated rings. The smallest absolute Gasteiger partial charge is 0.124 e. The first-order chi connectivity index (χ1) is 9.13. The van der Waals surface area contributed by atoms with Gasteiger partial charge in [0, 0.05) is 11.1 Å². The molecule has 2 unspecified atom stereocenters. The van der Waals surface area contributed by atoms with Crippen LogP contribution in [0, 0.1) is 11.7 Å². The molecule has 0 aromatic heterocycles. The number of nitrogens with one attached hydrogen (secondary N) is 1. The summed E-state index contributed by atoms with van der Waals surface area (Å²) in [6, 6.07) is 5.04. The SMILES string of the molecule is CCNCC1CCCN(C)C1c1ccc(F)cc1Cl.